The first-order valence-electron chi connectivity index (χ1n) is 2.13. The molecule has 0 aromatic heterocycles. The molecule has 7 heteroatoms. The van der Waals surface area contributed by atoms with Crippen molar-refractivity contribution in [3.63, 3.8) is 0 Å². The summed E-state index contributed by atoms with van der Waals surface area (Å²) in [5.74, 6) is -1.41. The molecule has 50 valence electrons. The van der Waals surface area contributed by atoms with Crippen molar-refractivity contribution in [1.29, 1.82) is 0 Å². The Bertz CT molecular complexity index is 223. The normalized spacial score (nSPS) is 53.4. The number of ether oxygens (including phenoxy) is 1. The number of hydrogen-bond donors (Lipinski definition) is 2. The SMILES string of the molecule is O=P(=O)C1(O)OC12NO2. The molecule has 0 bridgehead atoms. The Balaban J connectivity index is 2.31. The van der Waals surface area contributed by atoms with Gasteiger partial charge in [0.1, 0.15) is 0 Å². The molecule has 9 heavy (non-hydrogen) atoms. The van der Waals surface area contributed by atoms with Gasteiger partial charge in [-0.05, 0) is 0 Å². The van der Waals surface area contributed by atoms with Crippen molar-refractivity contribution < 1.29 is 23.8 Å². The van der Waals surface area contributed by atoms with Crippen molar-refractivity contribution in [2.45, 2.75) is 11.4 Å². The Morgan fingerprint density at radius 2 is 2.11 bits per heavy atom. The third-order valence-electron chi connectivity index (χ3n) is 1.21. The number of rotatable bonds is 1. The Morgan fingerprint density at radius 1 is 1.56 bits per heavy atom. The first-order valence-corrected chi connectivity index (χ1v) is 3.31. The Morgan fingerprint density at radius 3 is 2.22 bits per heavy atom. The molecule has 6 nitrogen and oxygen atoms in total. The third kappa shape index (κ3) is 0.452. The van der Waals surface area contributed by atoms with E-state index in [4.69, 9.17) is 5.11 Å². The summed E-state index contributed by atoms with van der Waals surface area (Å²) in [6.45, 7) is 0. The number of hydrogen-bond acceptors (Lipinski definition) is 6. The van der Waals surface area contributed by atoms with Crippen LogP contribution < -0.4 is 5.48 Å². The van der Waals surface area contributed by atoms with Crippen molar-refractivity contribution in [3.8, 4) is 0 Å². The summed E-state index contributed by atoms with van der Waals surface area (Å²) in [7, 11) is -3.01. The highest BCUT2D eigenvalue weighted by Crippen LogP contribution is 2.60. The second kappa shape index (κ2) is 1.12. The van der Waals surface area contributed by atoms with E-state index in [1.54, 1.807) is 0 Å². The molecule has 2 aliphatic heterocycles. The molecule has 0 aromatic carbocycles. The molecule has 0 amide bonds. The van der Waals surface area contributed by atoms with Gasteiger partial charge in [-0.15, -0.1) is 5.48 Å². The molecule has 0 radical (unpaired) electrons. The minimum Gasteiger partial charge on any atom is -0.348 e. The Labute approximate surface area is 49.5 Å². The molecular formula is C2H2NO5P. The molecule has 0 aliphatic carbocycles. The number of hydroxylamine groups is 1. The summed E-state index contributed by atoms with van der Waals surface area (Å²) in [6.07, 6.45) is 0. The molecule has 2 aliphatic rings. The smallest absolute Gasteiger partial charge is 0.348 e. The van der Waals surface area contributed by atoms with Gasteiger partial charge in [0.15, 0.2) is 0 Å². The summed E-state index contributed by atoms with van der Waals surface area (Å²) in [4.78, 5) is 4.28. The van der Waals surface area contributed by atoms with Crippen molar-refractivity contribution in [2.24, 2.45) is 0 Å². The Kier molecular flexibility index (Phi) is 0.685. The zero-order valence-electron chi connectivity index (χ0n) is 4.03. The van der Waals surface area contributed by atoms with Gasteiger partial charge in [0.05, 0.1) is 0 Å². The molecule has 2 heterocycles. The van der Waals surface area contributed by atoms with Crippen LogP contribution in [0.15, 0.2) is 0 Å². The number of nitrogens with one attached hydrogen (secondary N) is 1. The lowest BCUT2D eigenvalue weighted by molar-refractivity contribution is 0.110. The molecule has 2 N–H and O–H groups in total. The van der Waals surface area contributed by atoms with E-state index in [9.17, 15) is 9.13 Å². The van der Waals surface area contributed by atoms with Crippen molar-refractivity contribution >= 4 is 7.68 Å². The molecule has 2 atom stereocenters. The van der Waals surface area contributed by atoms with Crippen LogP contribution in [0.3, 0.4) is 0 Å². The molecule has 0 saturated carbocycles. The van der Waals surface area contributed by atoms with E-state index in [0.29, 0.717) is 0 Å². The van der Waals surface area contributed by atoms with Crippen LogP contribution in [-0.2, 0) is 18.7 Å². The van der Waals surface area contributed by atoms with Crippen molar-refractivity contribution in [1.82, 2.24) is 5.48 Å². The van der Waals surface area contributed by atoms with E-state index in [1.165, 1.54) is 0 Å². The second-order valence-electron chi connectivity index (χ2n) is 1.79. The predicted octanol–water partition coefficient (Wildman–Crippen LogP) is -0.976. The summed E-state index contributed by atoms with van der Waals surface area (Å²) in [5.41, 5.74) is -0.0220. The number of epoxide rings is 1. The van der Waals surface area contributed by atoms with Crippen LogP contribution in [0, 0.1) is 0 Å². The van der Waals surface area contributed by atoms with E-state index in [-0.39, 0.29) is 0 Å². The standard InChI is InChI=1S/C2H2NO5P/c4-2(9(5)6)1(7-2)3-8-1/h3-4H. The maximum Gasteiger partial charge on any atom is 0.385 e. The summed E-state index contributed by atoms with van der Waals surface area (Å²) in [5, 5.41) is 8.79. The van der Waals surface area contributed by atoms with Gasteiger partial charge in [-0.2, -0.15) is 0 Å². The highest BCUT2D eigenvalue weighted by atomic mass is 31.1. The van der Waals surface area contributed by atoms with Gasteiger partial charge in [-0.3, -0.25) is 4.74 Å². The van der Waals surface area contributed by atoms with Gasteiger partial charge in [0.25, 0.3) is 0 Å². The van der Waals surface area contributed by atoms with Crippen LogP contribution >= 0.6 is 7.68 Å². The quantitative estimate of drug-likeness (QED) is 0.369. The van der Waals surface area contributed by atoms with Gasteiger partial charge in [-0.1, -0.05) is 0 Å². The molecule has 2 unspecified atom stereocenters. The average molecular weight is 151 g/mol. The minimum atomic E-state index is -3.01. The fourth-order valence-electron chi connectivity index (χ4n) is 0.553. The van der Waals surface area contributed by atoms with Gasteiger partial charge < -0.3 is 5.11 Å². The monoisotopic (exact) mass is 151 g/mol. The first kappa shape index (κ1) is 5.52. The van der Waals surface area contributed by atoms with Gasteiger partial charge in [-0.25, -0.2) is 14.0 Å². The summed E-state index contributed by atoms with van der Waals surface area (Å²) in [6, 6.07) is 0. The van der Waals surface area contributed by atoms with Gasteiger partial charge in [0.2, 0.25) is 0 Å². The van der Waals surface area contributed by atoms with Crippen LogP contribution in [-0.4, -0.2) is 16.5 Å². The zero-order valence-corrected chi connectivity index (χ0v) is 4.92. The van der Waals surface area contributed by atoms with E-state index in [2.05, 4.69) is 15.1 Å². The van der Waals surface area contributed by atoms with Crippen LogP contribution in [0.2, 0.25) is 0 Å². The first-order chi connectivity index (χ1) is 4.11. The molecular weight excluding hydrogens is 149 g/mol. The molecule has 1 spiro atoms. The fourth-order valence-corrected chi connectivity index (χ4v) is 1.09. The van der Waals surface area contributed by atoms with Crippen molar-refractivity contribution in [3.05, 3.63) is 0 Å². The van der Waals surface area contributed by atoms with Crippen LogP contribution in [0.5, 0.6) is 0 Å². The fraction of sp³-hybridized carbons (Fsp3) is 1.00. The number of aliphatic hydroxyl groups is 1. The summed E-state index contributed by atoms with van der Waals surface area (Å²) < 4.78 is 24.5. The van der Waals surface area contributed by atoms with Gasteiger partial charge in [0, 0.05) is 0 Å². The maximum atomic E-state index is 10.1. The van der Waals surface area contributed by atoms with E-state index in [1.807, 2.05) is 0 Å². The lowest BCUT2D eigenvalue weighted by atomic mass is 10.7. The lowest BCUT2D eigenvalue weighted by Gasteiger charge is -1.80. The zero-order chi connectivity index (χ0) is 6.70. The highest BCUT2D eigenvalue weighted by Gasteiger charge is 2.87. The van der Waals surface area contributed by atoms with E-state index >= 15 is 0 Å². The predicted molar refractivity (Wildman–Crippen MR) is 21.3 cm³/mol. The van der Waals surface area contributed by atoms with Crippen LogP contribution in [0.25, 0.3) is 0 Å². The highest BCUT2D eigenvalue weighted by molar-refractivity contribution is 7.32. The minimum absolute atomic E-state index is 1.41. The van der Waals surface area contributed by atoms with E-state index < -0.39 is 19.1 Å². The van der Waals surface area contributed by atoms with Gasteiger partial charge >= 0.3 is 19.1 Å². The largest absolute Gasteiger partial charge is 0.385 e. The second-order valence-corrected chi connectivity index (χ2v) is 2.91. The lowest BCUT2D eigenvalue weighted by Crippen LogP contribution is -2.09. The summed E-state index contributed by atoms with van der Waals surface area (Å²) >= 11 is 0. The topological polar surface area (TPSA) is 101 Å². The average Bonchev–Trinajstić information content (AvgIpc) is 2.56. The maximum absolute atomic E-state index is 10.1. The third-order valence-corrected chi connectivity index (χ3v) is 2.09. The molecule has 0 aromatic rings. The Hall–Kier alpha value is -0.260. The molecule has 2 rings (SSSR count). The van der Waals surface area contributed by atoms with Crippen molar-refractivity contribution in [2.75, 3.05) is 0 Å². The van der Waals surface area contributed by atoms with E-state index in [0.717, 1.165) is 0 Å². The van der Waals surface area contributed by atoms with Crippen LogP contribution in [0.1, 0.15) is 0 Å². The molecule has 2 fully saturated rings. The van der Waals surface area contributed by atoms with Crippen LogP contribution in [0.4, 0.5) is 0 Å². The molecule has 2 saturated heterocycles.